The molecule has 0 N–H and O–H groups in total. The molecule has 0 amide bonds. The second kappa shape index (κ2) is 32.1. The van der Waals surface area contributed by atoms with Crippen LogP contribution in [0, 0.1) is 5.41 Å². The Balaban J connectivity index is 0. The van der Waals surface area contributed by atoms with Gasteiger partial charge in [-0.05, 0) is 74.0 Å². The molecule has 220 valence electrons. The summed E-state index contributed by atoms with van der Waals surface area (Å²) in [5, 5.41) is 0. The van der Waals surface area contributed by atoms with Crippen LogP contribution in [-0.4, -0.2) is 37.7 Å². The van der Waals surface area contributed by atoms with E-state index < -0.39 is 0 Å². The lowest BCUT2D eigenvalue weighted by molar-refractivity contribution is -0.105. The zero-order valence-electron chi connectivity index (χ0n) is 24.0. The molecule has 0 aromatic rings. The summed E-state index contributed by atoms with van der Waals surface area (Å²) < 4.78 is 0. The highest BCUT2D eigenvalue weighted by Crippen LogP contribution is 2.35. The van der Waals surface area contributed by atoms with Crippen molar-refractivity contribution in [1.29, 1.82) is 0 Å². The lowest BCUT2D eigenvalue weighted by Gasteiger charge is -2.27. The maximum atomic E-state index is 11.4. The van der Waals surface area contributed by atoms with Crippen molar-refractivity contribution in [2.24, 2.45) is 5.41 Å². The second-order valence-corrected chi connectivity index (χ2v) is 8.24. The van der Waals surface area contributed by atoms with Crippen molar-refractivity contribution in [1.82, 2.24) is 0 Å². The monoisotopic (exact) mass is 568 g/mol. The minimum absolute atomic E-state index is 0.365. The first-order valence-corrected chi connectivity index (χ1v) is 13.2. The molecular weight excluding hydrogens is 528 g/mol. The van der Waals surface area contributed by atoms with Crippen LogP contribution in [-0.2, 0) is 28.8 Å². The Bertz CT molecular complexity index is 1070. The van der Waals surface area contributed by atoms with Gasteiger partial charge in [0.25, 0.3) is 0 Å². The van der Waals surface area contributed by atoms with Gasteiger partial charge in [0.05, 0.1) is 0 Å². The van der Waals surface area contributed by atoms with E-state index in [1.165, 1.54) is 30.4 Å². The van der Waals surface area contributed by atoms with Crippen molar-refractivity contribution in [3.05, 3.63) is 145 Å². The topological polar surface area (TPSA) is 102 Å². The van der Waals surface area contributed by atoms with Gasteiger partial charge in [-0.1, -0.05) is 109 Å². The van der Waals surface area contributed by atoms with Gasteiger partial charge in [0.15, 0.2) is 0 Å². The van der Waals surface area contributed by atoms with Crippen molar-refractivity contribution < 1.29 is 28.8 Å². The lowest BCUT2D eigenvalue weighted by Crippen LogP contribution is -2.15. The fourth-order valence-electron chi connectivity index (χ4n) is 3.07. The van der Waals surface area contributed by atoms with E-state index in [0.717, 1.165) is 12.6 Å². The van der Waals surface area contributed by atoms with E-state index in [0.29, 0.717) is 56.4 Å². The summed E-state index contributed by atoms with van der Waals surface area (Å²) in [5.74, 6) is 0. The number of allylic oxidation sites excluding steroid dienone is 24. The van der Waals surface area contributed by atoms with Crippen molar-refractivity contribution in [3.8, 4) is 0 Å². The smallest absolute Gasteiger partial charge is 0.146 e. The number of carbonyl (C=O) groups excluding carboxylic acids is 6. The number of rotatable bonds is 21. The van der Waals surface area contributed by atoms with Gasteiger partial charge >= 0.3 is 0 Å². The molecule has 0 saturated heterocycles. The van der Waals surface area contributed by atoms with Crippen LogP contribution in [0.3, 0.4) is 0 Å². The Labute approximate surface area is 249 Å². The summed E-state index contributed by atoms with van der Waals surface area (Å²) in [6, 6.07) is 0. The Morgan fingerprint density at radius 1 is 0.452 bits per heavy atom. The molecule has 0 unspecified atom stereocenters. The predicted octanol–water partition coefficient (Wildman–Crippen LogP) is 6.78. The zero-order valence-corrected chi connectivity index (χ0v) is 24.0. The summed E-state index contributed by atoms with van der Waals surface area (Å²) in [4.78, 5) is 62.8. The highest BCUT2D eigenvalue weighted by atomic mass is 16.1. The minimum Gasteiger partial charge on any atom is -0.299 e. The molecule has 0 atom stereocenters. The summed E-state index contributed by atoms with van der Waals surface area (Å²) in [5.41, 5.74) is 0.208. The van der Waals surface area contributed by atoms with Crippen molar-refractivity contribution in [3.63, 3.8) is 0 Å². The van der Waals surface area contributed by atoms with Crippen LogP contribution in [0.4, 0.5) is 0 Å². The van der Waals surface area contributed by atoms with Crippen LogP contribution in [0.15, 0.2) is 145 Å². The molecule has 0 saturated carbocycles. The van der Waals surface area contributed by atoms with Crippen molar-refractivity contribution >= 4 is 37.7 Å². The molecule has 0 rings (SSSR count). The van der Waals surface area contributed by atoms with Crippen molar-refractivity contribution in [2.75, 3.05) is 0 Å². The van der Waals surface area contributed by atoms with Crippen LogP contribution in [0.25, 0.3) is 0 Å². The molecule has 0 fully saturated rings. The van der Waals surface area contributed by atoms with E-state index in [1.807, 2.05) is 43.4 Å². The fourth-order valence-corrected chi connectivity index (χ4v) is 3.07. The number of hydrogen-bond acceptors (Lipinski definition) is 6. The maximum Gasteiger partial charge on any atom is 0.146 e. The summed E-state index contributed by atoms with van der Waals surface area (Å²) in [6.07, 6.45) is 46.0. The first-order valence-electron chi connectivity index (χ1n) is 13.2. The molecule has 0 heterocycles. The SMILES string of the molecule is CC=CC=CC=O.O=C/C=C/C=C/CC(C=O)=CC=CC(C/C=C/C=C/C=O)(C/C=C/C=C/C=O)C/C=C/C=C/C=O. The molecule has 0 aromatic heterocycles. The van der Waals surface area contributed by atoms with Gasteiger partial charge < -0.3 is 0 Å². The standard InChI is InChI=1S/C30H32O5.C6H8O/c31-24-13-5-1-9-18-29(28-35)19-17-23-30(20-10-2-6-14-25-32,21-11-3-7-15-26-33)22-12-4-8-16-27-34;1-2-3-4-5-6-7/h1-17,19,23-28H,18,20-22H2;2-6H,1H3/b9-1+,10-2+,11-3+,12-4+,13-5+,14-6+,15-7+,16-8+,23-17?,29-19?;. The van der Waals surface area contributed by atoms with E-state index in [2.05, 4.69) is 0 Å². The van der Waals surface area contributed by atoms with Crippen LogP contribution >= 0.6 is 0 Å². The van der Waals surface area contributed by atoms with Crippen molar-refractivity contribution in [2.45, 2.75) is 32.6 Å². The zero-order chi connectivity index (χ0) is 31.4. The molecule has 0 aliphatic carbocycles. The quantitative estimate of drug-likeness (QED) is 0.0859. The molecule has 0 bridgehead atoms. The van der Waals surface area contributed by atoms with Gasteiger partial charge in [-0.2, -0.15) is 0 Å². The lowest BCUT2D eigenvalue weighted by atomic mass is 9.77. The Kier molecular flexibility index (Phi) is 29.9. The second-order valence-electron chi connectivity index (χ2n) is 8.24. The Morgan fingerprint density at radius 3 is 1.19 bits per heavy atom. The number of aldehydes is 6. The van der Waals surface area contributed by atoms with Crippen LogP contribution in [0.2, 0.25) is 0 Å². The van der Waals surface area contributed by atoms with Crippen LogP contribution in [0.5, 0.6) is 0 Å². The summed E-state index contributed by atoms with van der Waals surface area (Å²) >= 11 is 0. The molecule has 0 spiro atoms. The maximum absolute atomic E-state index is 11.4. The van der Waals surface area contributed by atoms with E-state index in [1.54, 1.807) is 72.9 Å². The van der Waals surface area contributed by atoms with Gasteiger partial charge in [-0.25, -0.2) is 0 Å². The minimum atomic E-state index is -0.365. The summed E-state index contributed by atoms with van der Waals surface area (Å²) in [6.45, 7) is 1.90. The third-order valence-electron chi connectivity index (χ3n) is 5.08. The number of hydrogen-bond donors (Lipinski definition) is 0. The highest BCUT2D eigenvalue weighted by Gasteiger charge is 2.22. The van der Waals surface area contributed by atoms with E-state index in [9.17, 15) is 28.8 Å². The van der Waals surface area contributed by atoms with Gasteiger partial charge in [-0.3, -0.25) is 28.8 Å². The molecule has 0 aromatic carbocycles. The Hall–Kier alpha value is -5.10. The van der Waals surface area contributed by atoms with E-state index >= 15 is 0 Å². The molecular formula is C36H40O6. The Morgan fingerprint density at radius 2 is 0.833 bits per heavy atom. The van der Waals surface area contributed by atoms with Crippen LogP contribution in [0.1, 0.15) is 32.6 Å². The van der Waals surface area contributed by atoms with E-state index in [4.69, 9.17) is 0 Å². The third kappa shape index (κ3) is 26.5. The highest BCUT2D eigenvalue weighted by molar-refractivity contribution is 5.74. The molecule has 6 nitrogen and oxygen atoms in total. The first kappa shape index (κ1) is 39.0. The molecule has 0 aliphatic heterocycles. The average Bonchev–Trinajstić information content (AvgIpc) is 3.00. The van der Waals surface area contributed by atoms with Crippen LogP contribution < -0.4 is 0 Å². The first-order chi connectivity index (χ1) is 20.6. The number of carbonyl (C=O) groups is 6. The van der Waals surface area contributed by atoms with Gasteiger partial charge in [0.1, 0.15) is 37.7 Å². The molecule has 42 heavy (non-hydrogen) atoms. The molecule has 0 aliphatic rings. The van der Waals surface area contributed by atoms with E-state index in [-0.39, 0.29) is 5.41 Å². The average molecular weight is 569 g/mol. The predicted molar refractivity (Wildman–Crippen MR) is 172 cm³/mol. The third-order valence-corrected chi connectivity index (χ3v) is 5.08. The molecule has 0 radical (unpaired) electrons. The largest absolute Gasteiger partial charge is 0.299 e. The van der Waals surface area contributed by atoms with Gasteiger partial charge in [-0.15, -0.1) is 0 Å². The normalized spacial score (nSPS) is 13.4. The summed E-state index contributed by atoms with van der Waals surface area (Å²) in [7, 11) is 0. The molecule has 6 heteroatoms. The van der Waals surface area contributed by atoms with Gasteiger partial charge in [0.2, 0.25) is 0 Å². The van der Waals surface area contributed by atoms with Gasteiger partial charge in [0, 0.05) is 0 Å². The fraction of sp³-hybridized carbons (Fsp3) is 0.167.